The normalized spacial score (nSPS) is 21.1. The molecule has 3 heterocycles. The number of hydrogen-bond acceptors (Lipinski definition) is 9. The number of carbonyl (C=O) groups is 2. The molecule has 0 bridgehead atoms. The zero-order valence-electron chi connectivity index (χ0n) is 16.4. The monoisotopic (exact) mass is 469 g/mol. The third-order valence-corrected chi connectivity index (χ3v) is 9.07. The second-order valence-corrected chi connectivity index (χ2v) is 11.7. The second-order valence-electron chi connectivity index (χ2n) is 7.56. The fourth-order valence-corrected chi connectivity index (χ4v) is 7.44. The van der Waals surface area contributed by atoms with Crippen molar-refractivity contribution < 1.29 is 22.7 Å². The van der Waals surface area contributed by atoms with Gasteiger partial charge in [-0.15, -0.1) is 11.3 Å². The molecule has 1 aliphatic carbocycles. The van der Waals surface area contributed by atoms with Crippen LogP contribution in [0.15, 0.2) is 22.8 Å². The lowest BCUT2D eigenvalue weighted by Crippen LogP contribution is -2.48. The molecule has 2 aromatic rings. The number of rotatable bonds is 7. The summed E-state index contributed by atoms with van der Waals surface area (Å²) in [6, 6.07) is 1.63. The van der Waals surface area contributed by atoms with Crippen LogP contribution in [0.4, 0.5) is 0 Å². The van der Waals surface area contributed by atoms with Gasteiger partial charge in [-0.05, 0) is 30.7 Å². The van der Waals surface area contributed by atoms with Crippen LogP contribution in [0.1, 0.15) is 32.1 Å². The van der Waals surface area contributed by atoms with E-state index in [0.717, 1.165) is 35.9 Å². The van der Waals surface area contributed by atoms with Gasteiger partial charge in [0.1, 0.15) is 16.2 Å². The molecule has 2 aliphatic rings. The molecule has 8 nitrogen and oxygen atoms in total. The van der Waals surface area contributed by atoms with Crippen LogP contribution in [-0.4, -0.2) is 71.1 Å². The molecule has 0 radical (unpaired) electrons. The molecule has 1 aliphatic heterocycles. The third kappa shape index (κ3) is 4.94. The van der Waals surface area contributed by atoms with Crippen LogP contribution in [0.3, 0.4) is 0 Å². The summed E-state index contributed by atoms with van der Waals surface area (Å²) in [4.78, 5) is 36.0. The van der Waals surface area contributed by atoms with E-state index in [1.807, 2.05) is 11.4 Å². The van der Waals surface area contributed by atoms with Crippen LogP contribution in [0.25, 0.3) is 10.2 Å². The van der Waals surface area contributed by atoms with E-state index in [0.29, 0.717) is 11.4 Å². The summed E-state index contributed by atoms with van der Waals surface area (Å²) < 4.78 is 29.0. The molecule has 1 saturated carbocycles. The quantitative estimate of drug-likeness (QED) is 0.345. The Kier molecular flexibility index (Phi) is 6.59. The van der Waals surface area contributed by atoms with Crippen molar-refractivity contribution >= 4 is 55.0 Å². The minimum absolute atomic E-state index is 0.00336. The van der Waals surface area contributed by atoms with Crippen LogP contribution in [0, 0.1) is 0 Å². The topological polar surface area (TPSA) is 107 Å². The summed E-state index contributed by atoms with van der Waals surface area (Å²) in [7, 11) is -3.10. The van der Waals surface area contributed by atoms with E-state index >= 15 is 0 Å². The Hall–Kier alpha value is -1.72. The van der Waals surface area contributed by atoms with Crippen LogP contribution < -0.4 is 0 Å². The van der Waals surface area contributed by atoms with Gasteiger partial charge in [-0.25, -0.2) is 18.4 Å². The highest BCUT2D eigenvalue weighted by molar-refractivity contribution is 8.00. The highest BCUT2D eigenvalue weighted by Gasteiger charge is 2.39. The molecule has 162 valence electrons. The lowest BCUT2D eigenvalue weighted by atomic mass is 10.1. The average Bonchev–Trinajstić information content (AvgIpc) is 3.46. The fraction of sp³-hybridized carbons (Fsp3) is 0.579. The zero-order valence-corrected chi connectivity index (χ0v) is 18.8. The molecule has 2 fully saturated rings. The Morgan fingerprint density at radius 3 is 2.73 bits per heavy atom. The first-order valence-corrected chi connectivity index (χ1v) is 13.6. The maximum atomic E-state index is 12.9. The number of nitrogens with zero attached hydrogens (tertiary/aromatic N) is 3. The Labute approximate surface area is 183 Å². The molecule has 1 atom stereocenters. The Morgan fingerprint density at radius 1 is 1.20 bits per heavy atom. The summed E-state index contributed by atoms with van der Waals surface area (Å²) in [6.07, 6.45) is 5.72. The van der Waals surface area contributed by atoms with Gasteiger partial charge >= 0.3 is 5.97 Å². The van der Waals surface area contributed by atoms with Gasteiger partial charge in [0.2, 0.25) is 0 Å². The van der Waals surface area contributed by atoms with E-state index < -0.39 is 15.8 Å². The first-order valence-electron chi connectivity index (χ1n) is 9.91. The maximum absolute atomic E-state index is 12.9. The molecule has 0 N–H and O–H groups in total. The number of amides is 1. The molecular weight excluding hydrogens is 446 g/mol. The van der Waals surface area contributed by atoms with E-state index in [9.17, 15) is 18.0 Å². The number of hydrogen-bond donors (Lipinski definition) is 0. The lowest BCUT2D eigenvalue weighted by molar-refractivity contribution is -0.152. The summed E-state index contributed by atoms with van der Waals surface area (Å²) >= 11 is 2.75. The van der Waals surface area contributed by atoms with E-state index in [-0.39, 0.29) is 41.9 Å². The summed E-state index contributed by atoms with van der Waals surface area (Å²) in [5.74, 6) is -0.647. The lowest BCUT2D eigenvalue weighted by Gasteiger charge is -2.33. The van der Waals surface area contributed by atoms with Gasteiger partial charge in [0.25, 0.3) is 5.91 Å². The number of thiophene rings is 1. The van der Waals surface area contributed by atoms with Crippen molar-refractivity contribution in [1.29, 1.82) is 0 Å². The predicted octanol–water partition coefficient (Wildman–Crippen LogP) is 2.28. The molecule has 0 spiro atoms. The zero-order chi connectivity index (χ0) is 21.1. The van der Waals surface area contributed by atoms with Crippen LogP contribution in [-0.2, 0) is 24.2 Å². The minimum atomic E-state index is -3.10. The first kappa shape index (κ1) is 21.5. The highest BCUT2D eigenvalue weighted by Crippen LogP contribution is 2.30. The standard InChI is InChI=1S/C19H23N3O5S3/c23-16(22(13-3-1-2-4-13)14-6-8-30(25,26)11-14)9-27-17(24)10-29-19-15-5-7-28-18(15)20-12-21-19/h5,7,12-14H,1-4,6,8-11H2. The SMILES string of the molecule is O=C(CSc1ncnc2sccc12)OCC(=O)N(C1CCCC1)C1CCS(=O)(=O)C1. The molecule has 30 heavy (non-hydrogen) atoms. The van der Waals surface area contributed by atoms with E-state index in [2.05, 4.69) is 9.97 Å². The number of carbonyl (C=O) groups excluding carboxylic acids is 2. The van der Waals surface area contributed by atoms with Crippen LogP contribution in [0.2, 0.25) is 0 Å². The van der Waals surface area contributed by atoms with Gasteiger partial charge in [-0.2, -0.15) is 0 Å². The smallest absolute Gasteiger partial charge is 0.316 e. The van der Waals surface area contributed by atoms with Gasteiger partial charge < -0.3 is 9.64 Å². The van der Waals surface area contributed by atoms with Gasteiger partial charge in [0.05, 0.1) is 17.3 Å². The molecule has 1 saturated heterocycles. The molecule has 11 heteroatoms. The fourth-order valence-electron chi connectivity index (χ4n) is 4.15. The number of aromatic nitrogens is 2. The largest absolute Gasteiger partial charge is 0.455 e. The first-order chi connectivity index (χ1) is 14.4. The van der Waals surface area contributed by atoms with E-state index in [4.69, 9.17) is 4.74 Å². The third-order valence-electron chi connectivity index (χ3n) is 5.52. The number of sulfone groups is 1. The maximum Gasteiger partial charge on any atom is 0.316 e. The Morgan fingerprint density at radius 2 is 2.00 bits per heavy atom. The van der Waals surface area contributed by atoms with Crippen molar-refractivity contribution in [3.05, 3.63) is 17.8 Å². The number of ether oxygens (including phenoxy) is 1. The molecule has 0 aromatic carbocycles. The van der Waals surface area contributed by atoms with Gasteiger partial charge in [0.15, 0.2) is 16.4 Å². The Bertz CT molecular complexity index is 1030. The number of esters is 1. The van der Waals surface area contributed by atoms with Gasteiger partial charge in [0, 0.05) is 17.5 Å². The van der Waals surface area contributed by atoms with Crippen molar-refractivity contribution in [2.45, 2.75) is 49.2 Å². The summed E-state index contributed by atoms with van der Waals surface area (Å²) in [5, 5.41) is 3.51. The van der Waals surface area contributed by atoms with Gasteiger partial charge in [-0.3, -0.25) is 9.59 Å². The van der Waals surface area contributed by atoms with E-state index in [1.165, 1.54) is 29.4 Å². The van der Waals surface area contributed by atoms with Crippen molar-refractivity contribution in [2.75, 3.05) is 23.9 Å². The molecule has 1 amide bonds. The van der Waals surface area contributed by atoms with Crippen molar-refractivity contribution in [3.8, 4) is 0 Å². The van der Waals surface area contributed by atoms with Crippen molar-refractivity contribution in [2.24, 2.45) is 0 Å². The second kappa shape index (κ2) is 9.19. The highest BCUT2D eigenvalue weighted by atomic mass is 32.2. The Balaban J connectivity index is 1.33. The molecule has 4 rings (SSSR count). The number of thioether (sulfide) groups is 1. The van der Waals surface area contributed by atoms with E-state index in [1.54, 1.807) is 4.90 Å². The average molecular weight is 470 g/mol. The molecule has 1 unspecified atom stereocenters. The summed E-state index contributed by atoms with van der Waals surface area (Å²) in [5.41, 5.74) is 0. The predicted molar refractivity (Wildman–Crippen MR) is 115 cm³/mol. The van der Waals surface area contributed by atoms with Gasteiger partial charge in [-0.1, -0.05) is 24.6 Å². The minimum Gasteiger partial charge on any atom is -0.455 e. The molecular formula is C19H23N3O5S3. The summed E-state index contributed by atoms with van der Waals surface area (Å²) in [6.45, 7) is -0.357. The number of fused-ring (bicyclic) bond motifs is 1. The van der Waals surface area contributed by atoms with Crippen molar-refractivity contribution in [3.63, 3.8) is 0 Å². The van der Waals surface area contributed by atoms with Crippen LogP contribution >= 0.6 is 23.1 Å². The van der Waals surface area contributed by atoms with Crippen LogP contribution in [0.5, 0.6) is 0 Å². The van der Waals surface area contributed by atoms with Crippen molar-refractivity contribution in [1.82, 2.24) is 14.9 Å². The molecule has 2 aromatic heterocycles.